The highest BCUT2D eigenvalue weighted by Gasteiger charge is 2.23. The van der Waals surface area contributed by atoms with Crippen molar-refractivity contribution in [3.63, 3.8) is 0 Å². The molecule has 0 aromatic heterocycles. The lowest BCUT2D eigenvalue weighted by molar-refractivity contribution is -0.156. The normalized spacial score (nSPS) is 12.7. The molecule has 0 bridgehead atoms. The average Bonchev–Trinajstić information content (AvgIpc) is 2.00. The van der Waals surface area contributed by atoms with E-state index in [0.29, 0.717) is 6.61 Å². The molecule has 0 atom stereocenters. The molecule has 0 heterocycles. The Bertz CT molecular complexity index is 207. The van der Waals surface area contributed by atoms with Crippen molar-refractivity contribution < 1.29 is 14.3 Å². The van der Waals surface area contributed by atoms with E-state index < -0.39 is 5.60 Å². The number of carbonyl (C=O) groups is 1. The van der Waals surface area contributed by atoms with Gasteiger partial charge < -0.3 is 9.47 Å². The predicted octanol–water partition coefficient (Wildman–Crippen LogP) is 2.92. The van der Waals surface area contributed by atoms with Crippen LogP contribution in [0.25, 0.3) is 0 Å². The fraction of sp³-hybridized carbons (Fsp3) is 0.917. The van der Waals surface area contributed by atoms with E-state index in [9.17, 15) is 4.79 Å². The first kappa shape index (κ1) is 14.4. The second-order valence-corrected chi connectivity index (χ2v) is 5.07. The SMILES string of the molecule is CCC(C)(C)OCCC(C)(C)OC(C)=O. The van der Waals surface area contributed by atoms with Crippen molar-refractivity contribution in [2.24, 2.45) is 0 Å². The monoisotopic (exact) mass is 216 g/mol. The molecule has 3 heteroatoms. The molecular formula is C12H24O3. The molecule has 0 aromatic carbocycles. The molecule has 0 saturated heterocycles. The molecular weight excluding hydrogens is 192 g/mol. The van der Waals surface area contributed by atoms with E-state index in [1.165, 1.54) is 6.92 Å². The summed E-state index contributed by atoms with van der Waals surface area (Å²) in [7, 11) is 0. The van der Waals surface area contributed by atoms with E-state index >= 15 is 0 Å². The van der Waals surface area contributed by atoms with E-state index in [1.807, 2.05) is 13.8 Å². The molecule has 0 aliphatic rings. The Kier molecular flexibility index (Phi) is 5.29. The van der Waals surface area contributed by atoms with E-state index in [2.05, 4.69) is 20.8 Å². The summed E-state index contributed by atoms with van der Waals surface area (Å²) in [4.78, 5) is 10.8. The summed E-state index contributed by atoms with van der Waals surface area (Å²) in [6.45, 7) is 12.1. The third-order valence-corrected chi connectivity index (χ3v) is 2.47. The molecule has 0 aromatic rings. The van der Waals surface area contributed by atoms with Crippen molar-refractivity contribution >= 4 is 5.97 Å². The third kappa shape index (κ3) is 7.37. The first-order valence-electron chi connectivity index (χ1n) is 5.52. The Morgan fingerprint density at radius 3 is 2.07 bits per heavy atom. The summed E-state index contributed by atoms with van der Waals surface area (Å²) in [5, 5.41) is 0. The number of rotatable bonds is 6. The summed E-state index contributed by atoms with van der Waals surface area (Å²) in [5.74, 6) is -0.241. The van der Waals surface area contributed by atoms with Crippen LogP contribution in [-0.4, -0.2) is 23.8 Å². The number of carbonyl (C=O) groups excluding carboxylic acids is 1. The first-order chi connectivity index (χ1) is 6.68. The van der Waals surface area contributed by atoms with Gasteiger partial charge in [-0.15, -0.1) is 0 Å². The van der Waals surface area contributed by atoms with E-state index in [4.69, 9.17) is 9.47 Å². The fourth-order valence-electron chi connectivity index (χ4n) is 1.12. The maximum atomic E-state index is 10.8. The molecule has 0 rings (SSSR count). The molecule has 0 spiro atoms. The maximum Gasteiger partial charge on any atom is 0.303 e. The van der Waals surface area contributed by atoms with E-state index in [1.54, 1.807) is 0 Å². The summed E-state index contributed by atoms with van der Waals surface area (Å²) >= 11 is 0. The molecule has 90 valence electrons. The molecule has 3 nitrogen and oxygen atoms in total. The minimum atomic E-state index is -0.435. The molecule has 0 aliphatic heterocycles. The molecule has 0 unspecified atom stereocenters. The minimum Gasteiger partial charge on any atom is -0.460 e. The molecule has 0 fully saturated rings. The number of esters is 1. The van der Waals surface area contributed by atoms with Crippen molar-refractivity contribution in [2.75, 3.05) is 6.61 Å². The Morgan fingerprint density at radius 2 is 1.67 bits per heavy atom. The van der Waals surface area contributed by atoms with E-state index in [0.717, 1.165) is 12.8 Å². The van der Waals surface area contributed by atoms with Crippen molar-refractivity contribution in [2.45, 2.75) is 65.6 Å². The van der Waals surface area contributed by atoms with Gasteiger partial charge in [0.2, 0.25) is 0 Å². The topological polar surface area (TPSA) is 35.5 Å². The van der Waals surface area contributed by atoms with Crippen LogP contribution in [0, 0.1) is 0 Å². The standard InChI is InChI=1S/C12H24O3/c1-7-11(3,4)14-9-8-12(5,6)15-10(2)13/h7-9H2,1-6H3. The van der Waals surface area contributed by atoms with Crippen LogP contribution < -0.4 is 0 Å². The van der Waals surface area contributed by atoms with Gasteiger partial charge >= 0.3 is 5.97 Å². The molecule has 0 amide bonds. The van der Waals surface area contributed by atoms with Crippen LogP contribution in [0.1, 0.15) is 54.4 Å². The van der Waals surface area contributed by atoms with Crippen LogP contribution in [-0.2, 0) is 14.3 Å². The zero-order valence-corrected chi connectivity index (χ0v) is 10.8. The highest BCUT2D eigenvalue weighted by Crippen LogP contribution is 2.19. The van der Waals surface area contributed by atoms with Gasteiger partial charge in [-0.2, -0.15) is 0 Å². The Labute approximate surface area is 93.1 Å². The van der Waals surface area contributed by atoms with Gasteiger partial charge in [0.25, 0.3) is 0 Å². The maximum absolute atomic E-state index is 10.8. The lowest BCUT2D eigenvalue weighted by Gasteiger charge is -2.28. The fourth-order valence-corrected chi connectivity index (χ4v) is 1.12. The quantitative estimate of drug-likeness (QED) is 0.640. The third-order valence-electron chi connectivity index (χ3n) is 2.47. The highest BCUT2D eigenvalue weighted by atomic mass is 16.6. The van der Waals surface area contributed by atoms with Gasteiger partial charge in [-0.3, -0.25) is 4.79 Å². The minimum absolute atomic E-state index is 0.0910. The largest absolute Gasteiger partial charge is 0.460 e. The Hall–Kier alpha value is -0.570. The van der Waals surface area contributed by atoms with Gasteiger partial charge in [0.1, 0.15) is 5.60 Å². The van der Waals surface area contributed by atoms with Crippen LogP contribution in [0.3, 0.4) is 0 Å². The lowest BCUT2D eigenvalue weighted by Crippen LogP contribution is -2.31. The van der Waals surface area contributed by atoms with Crippen LogP contribution in [0.2, 0.25) is 0 Å². The summed E-state index contributed by atoms with van der Waals surface area (Å²) in [6, 6.07) is 0. The van der Waals surface area contributed by atoms with Gasteiger partial charge in [-0.25, -0.2) is 0 Å². The van der Waals surface area contributed by atoms with Crippen molar-refractivity contribution in [1.29, 1.82) is 0 Å². The second kappa shape index (κ2) is 5.50. The Balaban J connectivity index is 3.89. The first-order valence-corrected chi connectivity index (χ1v) is 5.52. The van der Waals surface area contributed by atoms with Crippen LogP contribution in [0.4, 0.5) is 0 Å². The van der Waals surface area contributed by atoms with Gasteiger partial charge in [-0.05, 0) is 34.1 Å². The van der Waals surface area contributed by atoms with Gasteiger partial charge in [-0.1, -0.05) is 6.92 Å². The van der Waals surface area contributed by atoms with Crippen molar-refractivity contribution in [3.8, 4) is 0 Å². The van der Waals surface area contributed by atoms with Gasteiger partial charge in [0.15, 0.2) is 0 Å². The molecule has 15 heavy (non-hydrogen) atoms. The van der Waals surface area contributed by atoms with E-state index in [-0.39, 0.29) is 11.6 Å². The van der Waals surface area contributed by atoms with Crippen molar-refractivity contribution in [3.05, 3.63) is 0 Å². The van der Waals surface area contributed by atoms with Crippen LogP contribution >= 0.6 is 0 Å². The number of hydrogen-bond acceptors (Lipinski definition) is 3. The van der Waals surface area contributed by atoms with Gasteiger partial charge in [0.05, 0.1) is 12.2 Å². The smallest absolute Gasteiger partial charge is 0.303 e. The summed E-state index contributed by atoms with van der Waals surface area (Å²) < 4.78 is 10.9. The summed E-state index contributed by atoms with van der Waals surface area (Å²) in [6.07, 6.45) is 1.69. The average molecular weight is 216 g/mol. The molecule has 0 aliphatic carbocycles. The van der Waals surface area contributed by atoms with Crippen molar-refractivity contribution in [1.82, 2.24) is 0 Å². The van der Waals surface area contributed by atoms with Crippen LogP contribution in [0.15, 0.2) is 0 Å². The molecule has 0 N–H and O–H groups in total. The highest BCUT2D eigenvalue weighted by molar-refractivity contribution is 5.66. The molecule has 0 saturated carbocycles. The zero-order valence-electron chi connectivity index (χ0n) is 10.8. The second-order valence-electron chi connectivity index (χ2n) is 5.07. The summed E-state index contributed by atoms with van der Waals surface area (Å²) in [5.41, 5.74) is -0.526. The van der Waals surface area contributed by atoms with Gasteiger partial charge in [0, 0.05) is 13.3 Å². The molecule has 0 radical (unpaired) electrons. The lowest BCUT2D eigenvalue weighted by atomic mass is 10.0. The predicted molar refractivity (Wildman–Crippen MR) is 60.8 cm³/mol. The number of hydrogen-bond donors (Lipinski definition) is 0. The zero-order chi connectivity index (χ0) is 12.1. The number of ether oxygens (including phenoxy) is 2. The van der Waals surface area contributed by atoms with Crippen LogP contribution in [0.5, 0.6) is 0 Å². The Morgan fingerprint density at radius 1 is 1.13 bits per heavy atom.